The van der Waals surface area contributed by atoms with Crippen LogP contribution in [0.4, 0.5) is 0 Å². The van der Waals surface area contributed by atoms with Gasteiger partial charge in [0.15, 0.2) is 0 Å². The Labute approximate surface area is 90.3 Å². The molecule has 0 bridgehead atoms. The Kier molecular flexibility index (Phi) is 2.80. The van der Waals surface area contributed by atoms with E-state index < -0.39 is 0 Å². The maximum absolute atomic E-state index is 6.10. The number of halogens is 1. The van der Waals surface area contributed by atoms with Gasteiger partial charge in [0.05, 0.1) is 0 Å². The summed E-state index contributed by atoms with van der Waals surface area (Å²) in [6, 6.07) is 6.31. The van der Waals surface area contributed by atoms with E-state index in [9.17, 15) is 0 Å². The predicted octanol–water partition coefficient (Wildman–Crippen LogP) is 3.45. The molecule has 2 N–H and O–H groups in total. The van der Waals surface area contributed by atoms with Gasteiger partial charge in [0.2, 0.25) is 0 Å². The number of aryl methyl sites for hydroxylation is 1. The van der Waals surface area contributed by atoms with E-state index in [4.69, 9.17) is 17.3 Å². The fraction of sp³-hybridized carbons (Fsp3) is 0.500. The van der Waals surface area contributed by atoms with Crippen LogP contribution in [-0.4, -0.2) is 0 Å². The van der Waals surface area contributed by atoms with Crippen molar-refractivity contribution in [2.45, 2.75) is 32.2 Å². The first-order valence-corrected chi connectivity index (χ1v) is 5.56. The van der Waals surface area contributed by atoms with Crippen molar-refractivity contribution in [3.05, 3.63) is 34.3 Å². The topological polar surface area (TPSA) is 26.0 Å². The van der Waals surface area contributed by atoms with Crippen molar-refractivity contribution in [3.63, 3.8) is 0 Å². The van der Waals surface area contributed by atoms with Crippen molar-refractivity contribution < 1.29 is 0 Å². The van der Waals surface area contributed by atoms with Gasteiger partial charge in [-0.3, -0.25) is 0 Å². The van der Waals surface area contributed by atoms with E-state index >= 15 is 0 Å². The van der Waals surface area contributed by atoms with Crippen LogP contribution in [0.5, 0.6) is 0 Å². The van der Waals surface area contributed by atoms with Gasteiger partial charge in [-0.15, -0.1) is 0 Å². The van der Waals surface area contributed by atoms with E-state index in [0.717, 1.165) is 22.9 Å². The summed E-state index contributed by atoms with van der Waals surface area (Å²) in [6.07, 6.45) is 3.82. The second-order valence-electron chi connectivity index (χ2n) is 4.29. The molecule has 1 aromatic carbocycles. The molecule has 1 saturated carbocycles. The minimum absolute atomic E-state index is 0.167. The first-order chi connectivity index (χ1) is 6.66. The average Bonchev–Trinajstić information content (AvgIpc) is 2.93. The molecule has 1 unspecified atom stereocenters. The molecule has 1 fully saturated rings. The summed E-state index contributed by atoms with van der Waals surface area (Å²) in [7, 11) is 0. The van der Waals surface area contributed by atoms with E-state index in [-0.39, 0.29) is 6.04 Å². The lowest BCUT2D eigenvalue weighted by Crippen LogP contribution is -2.10. The van der Waals surface area contributed by atoms with Crippen LogP contribution < -0.4 is 5.73 Å². The minimum atomic E-state index is 0.167. The average molecular weight is 210 g/mol. The van der Waals surface area contributed by atoms with Gasteiger partial charge >= 0.3 is 0 Å². The Morgan fingerprint density at radius 3 is 2.79 bits per heavy atom. The first kappa shape index (κ1) is 10.0. The number of hydrogen-bond donors (Lipinski definition) is 1. The zero-order valence-electron chi connectivity index (χ0n) is 8.46. The highest BCUT2D eigenvalue weighted by Gasteiger charge is 2.24. The number of nitrogens with two attached hydrogens (primary N) is 1. The van der Waals surface area contributed by atoms with Crippen LogP contribution in [0.1, 0.15) is 36.4 Å². The third kappa shape index (κ3) is 2.28. The van der Waals surface area contributed by atoms with Gasteiger partial charge in [-0.25, -0.2) is 0 Å². The Morgan fingerprint density at radius 1 is 1.50 bits per heavy atom. The van der Waals surface area contributed by atoms with Gasteiger partial charge in [0.1, 0.15) is 0 Å². The molecule has 0 saturated heterocycles. The van der Waals surface area contributed by atoms with E-state index in [1.54, 1.807) is 0 Å². The molecule has 1 aliphatic carbocycles. The lowest BCUT2D eigenvalue weighted by molar-refractivity contribution is 0.597. The Balaban J connectivity index is 2.10. The van der Waals surface area contributed by atoms with Crippen LogP contribution >= 0.6 is 11.6 Å². The SMILES string of the molecule is Cc1ccc(C(N)CC2CC2)cc1Cl. The van der Waals surface area contributed by atoms with Crippen LogP contribution in [0.2, 0.25) is 5.02 Å². The van der Waals surface area contributed by atoms with Crippen LogP contribution in [0.25, 0.3) is 0 Å². The van der Waals surface area contributed by atoms with Gasteiger partial charge < -0.3 is 5.73 Å². The maximum Gasteiger partial charge on any atom is 0.0438 e. The molecule has 14 heavy (non-hydrogen) atoms. The Hall–Kier alpha value is -0.530. The van der Waals surface area contributed by atoms with Crippen molar-refractivity contribution in [1.29, 1.82) is 0 Å². The molecular formula is C12H16ClN. The molecule has 0 spiro atoms. The standard InChI is InChI=1S/C12H16ClN/c1-8-2-5-10(7-11(8)13)12(14)6-9-3-4-9/h2,5,7,9,12H,3-4,6,14H2,1H3. The Morgan fingerprint density at radius 2 is 2.21 bits per heavy atom. The molecule has 1 nitrogen and oxygen atoms in total. The Bertz CT molecular complexity index is 331. The monoisotopic (exact) mass is 209 g/mol. The van der Waals surface area contributed by atoms with Gasteiger partial charge in [-0.1, -0.05) is 36.6 Å². The number of benzene rings is 1. The summed E-state index contributed by atoms with van der Waals surface area (Å²) >= 11 is 6.05. The number of rotatable bonds is 3. The highest BCUT2D eigenvalue weighted by atomic mass is 35.5. The third-order valence-electron chi connectivity index (χ3n) is 2.91. The maximum atomic E-state index is 6.10. The molecule has 2 heteroatoms. The zero-order valence-corrected chi connectivity index (χ0v) is 9.22. The summed E-state index contributed by atoms with van der Waals surface area (Å²) in [5.41, 5.74) is 8.39. The van der Waals surface area contributed by atoms with Gasteiger partial charge in [-0.2, -0.15) is 0 Å². The molecule has 0 aromatic heterocycles. The normalized spacial score (nSPS) is 18.2. The molecule has 1 atom stereocenters. The molecule has 0 radical (unpaired) electrons. The first-order valence-electron chi connectivity index (χ1n) is 5.18. The summed E-state index contributed by atoms with van der Waals surface area (Å²) in [6.45, 7) is 2.01. The predicted molar refractivity (Wildman–Crippen MR) is 60.5 cm³/mol. The van der Waals surface area contributed by atoms with Crippen molar-refractivity contribution in [2.24, 2.45) is 11.7 Å². The van der Waals surface area contributed by atoms with Crippen LogP contribution in [-0.2, 0) is 0 Å². The quantitative estimate of drug-likeness (QED) is 0.811. The van der Waals surface area contributed by atoms with E-state index in [2.05, 4.69) is 6.07 Å². The highest BCUT2D eigenvalue weighted by Crippen LogP contribution is 2.37. The van der Waals surface area contributed by atoms with E-state index in [0.29, 0.717) is 0 Å². The highest BCUT2D eigenvalue weighted by molar-refractivity contribution is 6.31. The van der Waals surface area contributed by atoms with Crippen molar-refractivity contribution in [1.82, 2.24) is 0 Å². The third-order valence-corrected chi connectivity index (χ3v) is 3.32. The van der Waals surface area contributed by atoms with Gasteiger partial charge in [0.25, 0.3) is 0 Å². The lowest BCUT2D eigenvalue weighted by Gasteiger charge is -2.12. The van der Waals surface area contributed by atoms with Crippen molar-refractivity contribution in [3.8, 4) is 0 Å². The summed E-state index contributed by atoms with van der Waals surface area (Å²) in [4.78, 5) is 0. The van der Waals surface area contributed by atoms with Crippen molar-refractivity contribution >= 4 is 11.6 Å². The molecule has 1 aliphatic rings. The van der Waals surface area contributed by atoms with Crippen LogP contribution in [0, 0.1) is 12.8 Å². The van der Waals surface area contributed by atoms with Crippen molar-refractivity contribution in [2.75, 3.05) is 0 Å². The van der Waals surface area contributed by atoms with Gasteiger partial charge in [-0.05, 0) is 36.5 Å². The molecule has 76 valence electrons. The lowest BCUT2D eigenvalue weighted by atomic mass is 10.0. The summed E-state index contributed by atoms with van der Waals surface area (Å²) in [5, 5.41) is 0.828. The largest absolute Gasteiger partial charge is 0.324 e. The molecule has 1 aromatic rings. The molecule has 2 rings (SSSR count). The van der Waals surface area contributed by atoms with Crippen LogP contribution in [0.3, 0.4) is 0 Å². The van der Waals surface area contributed by atoms with Gasteiger partial charge in [0, 0.05) is 11.1 Å². The summed E-state index contributed by atoms with van der Waals surface area (Å²) in [5.74, 6) is 0.866. The minimum Gasteiger partial charge on any atom is -0.324 e. The zero-order chi connectivity index (χ0) is 10.1. The molecule has 0 heterocycles. The molecule has 0 amide bonds. The molecular weight excluding hydrogens is 194 g/mol. The summed E-state index contributed by atoms with van der Waals surface area (Å²) < 4.78 is 0. The molecule has 0 aliphatic heterocycles. The number of hydrogen-bond acceptors (Lipinski definition) is 1. The fourth-order valence-corrected chi connectivity index (χ4v) is 1.88. The van der Waals surface area contributed by atoms with E-state index in [1.807, 2.05) is 19.1 Å². The van der Waals surface area contributed by atoms with E-state index in [1.165, 1.54) is 18.4 Å². The second-order valence-corrected chi connectivity index (χ2v) is 4.70. The second kappa shape index (κ2) is 3.92. The fourth-order valence-electron chi connectivity index (χ4n) is 1.69. The van der Waals surface area contributed by atoms with Crippen LogP contribution in [0.15, 0.2) is 18.2 Å². The smallest absolute Gasteiger partial charge is 0.0438 e.